The summed E-state index contributed by atoms with van der Waals surface area (Å²) in [5.41, 5.74) is 2.65. The Labute approximate surface area is 117 Å². The van der Waals surface area contributed by atoms with Gasteiger partial charge in [0, 0.05) is 24.0 Å². The Hall–Kier alpha value is -2.29. The summed E-state index contributed by atoms with van der Waals surface area (Å²) in [6, 6.07) is 15.9. The first kappa shape index (κ1) is 12.7. The van der Waals surface area contributed by atoms with Crippen LogP contribution < -0.4 is 4.74 Å². The molecule has 3 rings (SSSR count). The average Bonchev–Trinajstić information content (AvgIpc) is 2.46. The van der Waals surface area contributed by atoms with Crippen LogP contribution in [0.5, 0.6) is 5.75 Å². The number of carboxylic acids is 1. The Balaban J connectivity index is 2.10. The van der Waals surface area contributed by atoms with Crippen LogP contribution in [0.2, 0.25) is 0 Å². The van der Waals surface area contributed by atoms with Crippen molar-refractivity contribution in [3.8, 4) is 16.9 Å². The number of para-hydroxylation sites is 1. The highest BCUT2D eigenvalue weighted by molar-refractivity contribution is 5.76. The van der Waals surface area contributed by atoms with Gasteiger partial charge in [-0.25, -0.2) is 0 Å². The molecule has 0 aromatic heterocycles. The first-order valence-electron chi connectivity index (χ1n) is 6.70. The van der Waals surface area contributed by atoms with Crippen LogP contribution in [0.25, 0.3) is 11.1 Å². The molecule has 3 nitrogen and oxygen atoms in total. The minimum atomic E-state index is -0.800. The average molecular weight is 268 g/mol. The van der Waals surface area contributed by atoms with Crippen molar-refractivity contribution in [2.24, 2.45) is 0 Å². The molecule has 0 saturated heterocycles. The maximum atomic E-state index is 10.9. The number of hydrogen-bond acceptors (Lipinski definition) is 2. The van der Waals surface area contributed by atoms with Crippen molar-refractivity contribution in [2.45, 2.75) is 25.4 Å². The monoisotopic (exact) mass is 268 g/mol. The number of ether oxygens (including phenoxy) is 1. The topological polar surface area (TPSA) is 46.5 Å². The quantitative estimate of drug-likeness (QED) is 0.920. The zero-order valence-corrected chi connectivity index (χ0v) is 11.3. The number of carboxylic acid groups (broad SMARTS) is 1. The summed E-state index contributed by atoms with van der Waals surface area (Å²) >= 11 is 0. The van der Waals surface area contributed by atoms with Gasteiger partial charge in [0.25, 0.3) is 0 Å². The lowest BCUT2D eigenvalue weighted by molar-refractivity contribution is -0.138. The molecule has 1 unspecified atom stereocenters. The highest BCUT2D eigenvalue weighted by Crippen LogP contribution is 2.46. The van der Waals surface area contributed by atoms with Gasteiger partial charge in [-0.3, -0.25) is 4.79 Å². The highest BCUT2D eigenvalue weighted by atomic mass is 16.5. The van der Waals surface area contributed by atoms with Crippen molar-refractivity contribution in [1.29, 1.82) is 0 Å². The summed E-state index contributed by atoms with van der Waals surface area (Å²) in [6.07, 6.45) is 0.542. The van der Waals surface area contributed by atoms with E-state index in [-0.39, 0.29) is 6.42 Å². The van der Waals surface area contributed by atoms with Gasteiger partial charge in [-0.15, -0.1) is 0 Å². The van der Waals surface area contributed by atoms with Crippen LogP contribution in [0, 0.1) is 0 Å². The van der Waals surface area contributed by atoms with Crippen molar-refractivity contribution < 1.29 is 14.6 Å². The van der Waals surface area contributed by atoms with Gasteiger partial charge >= 0.3 is 5.97 Å². The third kappa shape index (κ3) is 2.05. The molecule has 0 radical (unpaired) electrons. The summed E-state index contributed by atoms with van der Waals surface area (Å²) in [5.74, 6) is 0.0188. The largest absolute Gasteiger partial charge is 0.482 e. The van der Waals surface area contributed by atoms with Crippen LogP contribution >= 0.6 is 0 Å². The molecule has 20 heavy (non-hydrogen) atoms. The molecule has 0 amide bonds. The number of rotatable bonds is 3. The van der Waals surface area contributed by atoms with Crippen molar-refractivity contribution in [2.75, 3.05) is 0 Å². The van der Waals surface area contributed by atoms with Crippen LogP contribution in [-0.4, -0.2) is 11.1 Å². The summed E-state index contributed by atoms with van der Waals surface area (Å²) < 4.78 is 6.13. The van der Waals surface area contributed by atoms with E-state index < -0.39 is 11.6 Å². The normalized spacial score (nSPS) is 19.6. The Bertz CT molecular complexity index is 663. The van der Waals surface area contributed by atoms with Gasteiger partial charge in [-0.05, 0) is 18.6 Å². The third-order valence-electron chi connectivity index (χ3n) is 3.83. The molecule has 2 aromatic carbocycles. The summed E-state index contributed by atoms with van der Waals surface area (Å²) in [7, 11) is 0. The molecular formula is C17H16O3. The van der Waals surface area contributed by atoms with Gasteiger partial charge in [0.2, 0.25) is 0 Å². The molecule has 0 fully saturated rings. The minimum Gasteiger partial charge on any atom is -0.482 e. The predicted molar refractivity (Wildman–Crippen MR) is 76.7 cm³/mol. The second-order valence-electron chi connectivity index (χ2n) is 5.27. The number of benzene rings is 2. The smallest absolute Gasteiger partial charge is 0.303 e. The molecule has 0 saturated carbocycles. The lowest BCUT2D eigenvalue weighted by Gasteiger charge is -2.37. The lowest BCUT2D eigenvalue weighted by atomic mass is 9.82. The minimum absolute atomic E-state index is 0.0903. The van der Waals surface area contributed by atoms with Crippen LogP contribution in [0.3, 0.4) is 0 Å². The van der Waals surface area contributed by atoms with Gasteiger partial charge in [0.1, 0.15) is 11.4 Å². The zero-order valence-electron chi connectivity index (χ0n) is 11.3. The van der Waals surface area contributed by atoms with E-state index in [1.54, 1.807) is 0 Å². The summed E-state index contributed by atoms with van der Waals surface area (Å²) in [4.78, 5) is 10.9. The molecular weight excluding hydrogens is 252 g/mol. The van der Waals surface area contributed by atoms with E-state index in [1.165, 1.54) is 0 Å². The van der Waals surface area contributed by atoms with Gasteiger partial charge in [0.15, 0.2) is 0 Å². The zero-order chi connectivity index (χ0) is 14.2. The number of carbonyl (C=O) groups is 1. The van der Waals surface area contributed by atoms with Crippen molar-refractivity contribution >= 4 is 5.97 Å². The SMILES string of the molecule is CC1(CCC(=O)O)Oc2ccccc2-c2ccccc21. The highest BCUT2D eigenvalue weighted by Gasteiger charge is 2.36. The molecule has 2 aromatic rings. The number of fused-ring (bicyclic) bond motifs is 3. The molecule has 0 aliphatic carbocycles. The van der Waals surface area contributed by atoms with Gasteiger partial charge in [-0.2, -0.15) is 0 Å². The first-order valence-corrected chi connectivity index (χ1v) is 6.70. The Morgan fingerprint density at radius 1 is 1.10 bits per heavy atom. The van der Waals surface area contributed by atoms with Crippen LogP contribution in [0.15, 0.2) is 48.5 Å². The molecule has 0 spiro atoms. The van der Waals surface area contributed by atoms with Crippen molar-refractivity contribution in [1.82, 2.24) is 0 Å². The number of hydrogen-bond donors (Lipinski definition) is 1. The Morgan fingerprint density at radius 3 is 2.50 bits per heavy atom. The molecule has 1 aliphatic rings. The Kier molecular flexibility index (Phi) is 2.97. The van der Waals surface area contributed by atoms with Gasteiger partial charge < -0.3 is 9.84 Å². The van der Waals surface area contributed by atoms with Gasteiger partial charge in [-0.1, -0.05) is 42.5 Å². The van der Waals surface area contributed by atoms with E-state index in [0.717, 1.165) is 22.4 Å². The van der Waals surface area contributed by atoms with Crippen LogP contribution in [-0.2, 0) is 10.4 Å². The molecule has 1 heterocycles. The van der Waals surface area contributed by atoms with Crippen LogP contribution in [0.1, 0.15) is 25.3 Å². The maximum absolute atomic E-state index is 10.9. The second kappa shape index (κ2) is 4.67. The fourth-order valence-corrected chi connectivity index (χ4v) is 2.79. The molecule has 102 valence electrons. The first-order chi connectivity index (χ1) is 9.60. The van der Waals surface area contributed by atoms with Crippen molar-refractivity contribution in [3.63, 3.8) is 0 Å². The summed E-state index contributed by atoms with van der Waals surface area (Å²) in [5, 5.41) is 8.95. The van der Waals surface area contributed by atoms with Gasteiger partial charge in [0.05, 0.1) is 0 Å². The van der Waals surface area contributed by atoms with Crippen molar-refractivity contribution in [3.05, 3.63) is 54.1 Å². The standard InChI is InChI=1S/C17H16O3/c1-17(11-10-16(18)19)14-8-4-2-6-12(14)13-7-3-5-9-15(13)20-17/h2-9H,10-11H2,1H3,(H,18,19). The lowest BCUT2D eigenvalue weighted by Crippen LogP contribution is -2.33. The molecule has 3 heteroatoms. The van der Waals surface area contributed by atoms with Crippen LogP contribution in [0.4, 0.5) is 0 Å². The fraction of sp³-hybridized carbons (Fsp3) is 0.235. The maximum Gasteiger partial charge on any atom is 0.303 e. The molecule has 1 aliphatic heterocycles. The van der Waals surface area contributed by atoms with E-state index in [1.807, 2.05) is 49.4 Å². The molecule has 0 bridgehead atoms. The fourth-order valence-electron chi connectivity index (χ4n) is 2.79. The van der Waals surface area contributed by atoms with E-state index in [4.69, 9.17) is 9.84 Å². The van der Waals surface area contributed by atoms with E-state index >= 15 is 0 Å². The second-order valence-corrected chi connectivity index (χ2v) is 5.27. The molecule has 1 atom stereocenters. The third-order valence-corrected chi connectivity index (χ3v) is 3.83. The summed E-state index contributed by atoms with van der Waals surface area (Å²) in [6.45, 7) is 1.96. The van der Waals surface area contributed by atoms with E-state index in [9.17, 15) is 4.79 Å². The molecule has 1 N–H and O–H groups in total. The van der Waals surface area contributed by atoms with E-state index in [0.29, 0.717) is 6.42 Å². The number of aliphatic carboxylic acids is 1. The predicted octanol–water partition coefficient (Wildman–Crippen LogP) is 3.83. The Morgan fingerprint density at radius 2 is 1.75 bits per heavy atom. The van der Waals surface area contributed by atoms with E-state index in [2.05, 4.69) is 6.07 Å².